The van der Waals surface area contributed by atoms with Crippen molar-refractivity contribution in [2.75, 3.05) is 12.3 Å². The third kappa shape index (κ3) is 2.72. The number of nitrogens with one attached hydrogen (secondary N) is 1. The van der Waals surface area contributed by atoms with Crippen molar-refractivity contribution in [3.63, 3.8) is 0 Å². The monoisotopic (exact) mass is 281 g/mol. The Morgan fingerprint density at radius 3 is 2.83 bits per heavy atom. The van der Waals surface area contributed by atoms with Crippen molar-refractivity contribution in [2.24, 2.45) is 10.4 Å². The van der Waals surface area contributed by atoms with Crippen LogP contribution in [0.4, 0.5) is 0 Å². The van der Waals surface area contributed by atoms with Crippen molar-refractivity contribution in [2.45, 2.75) is 39.2 Å². The van der Waals surface area contributed by atoms with E-state index in [1.54, 1.807) is 11.3 Å². The molecule has 0 saturated heterocycles. The summed E-state index contributed by atoms with van der Waals surface area (Å²) in [6.45, 7) is 3.88. The number of thiazole rings is 1. The molecule has 0 radical (unpaired) electrons. The topological polar surface area (TPSA) is 37.3 Å². The molecule has 1 aromatic heterocycles. The lowest BCUT2D eigenvalue weighted by Gasteiger charge is -2.30. The van der Waals surface area contributed by atoms with Gasteiger partial charge in [0.2, 0.25) is 0 Å². The summed E-state index contributed by atoms with van der Waals surface area (Å²) in [5.41, 5.74) is 1.65. The summed E-state index contributed by atoms with van der Waals surface area (Å²) in [4.78, 5) is 9.19. The lowest BCUT2D eigenvalue weighted by molar-refractivity contribution is 0.358. The van der Waals surface area contributed by atoms with E-state index in [2.05, 4.69) is 15.7 Å². The second kappa shape index (κ2) is 5.21. The molecule has 0 aromatic carbocycles. The van der Waals surface area contributed by atoms with Crippen LogP contribution in [0.2, 0.25) is 0 Å². The highest BCUT2D eigenvalue weighted by Crippen LogP contribution is 2.43. The van der Waals surface area contributed by atoms with Crippen LogP contribution < -0.4 is 5.32 Å². The van der Waals surface area contributed by atoms with Gasteiger partial charge >= 0.3 is 0 Å². The number of aryl methyl sites for hydroxylation is 1. The molecule has 1 N–H and O–H groups in total. The smallest absolute Gasteiger partial charge is 0.156 e. The number of rotatable bonds is 2. The van der Waals surface area contributed by atoms with Crippen molar-refractivity contribution >= 4 is 28.3 Å². The summed E-state index contributed by atoms with van der Waals surface area (Å²) in [7, 11) is 0. The zero-order valence-corrected chi connectivity index (χ0v) is 12.4. The largest absolute Gasteiger partial charge is 0.358 e. The van der Waals surface area contributed by atoms with Gasteiger partial charge in [-0.2, -0.15) is 0 Å². The average Bonchev–Trinajstić information content (AvgIpc) is 2.99. The first-order valence-electron chi connectivity index (χ1n) is 6.58. The molecule has 1 aromatic rings. The van der Waals surface area contributed by atoms with Gasteiger partial charge in [0.15, 0.2) is 5.17 Å². The summed E-state index contributed by atoms with van der Waals surface area (Å²) >= 11 is 3.62. The van der Waals surface area contributed by atoms with E-state index < -0.39 is 0 Å². The minimum Gasteiger partial charge on any atom is -0.358 e. The number of thioether (sulfide) groups is 1. The molecule has 1 spiro atoms. The molecule has 0 unspecified atom stereocenters. The molecule has 3 nitrogen and oxygen atoms in total. The summed E-state index contributed by atoms with van der Waals surface area (Å²) in [6, 6.07) is 0. The van der Waals surface area contributed by atoms with Crippen molar-refractivity contribution in [3.05, 3.63) is 16.1 Å². The highest BCUT2D eigenvalue weighted by Gasteiger charge is 2.36. The van der Waals surface area contributed by atoms with Gasteiger partial charge in [0.25, 0.3) is 0 Å². The Labute approximate surface area is 116 Å². The van der Waals surface area contributed by atoms with E-state index in [1.807, 2.05) is 18.7 Å². The fourth-order valence-electron chi connectivity index (χ4n) is 2.72. The summed E-state index contributed by atoms with van der Waals surface area (Å²) in [6.07, 6.45) is 5.55. The zero-order valence-electron chi connectivity index (χ0n) is 10.7. The molecule has 0 atom stereocenters. The van der Waals surface area contributed by atoms with Gasteiger partial charge in [0, 0.05) is 23.4 Å². The van der Waals surface area contributed by atoms with E-state index in [0.717, 1.165) is 29.0 Å². The number of aromatic nitrogens is 1. The molecule has 1 fully saturated rings. The maximum absolute atomic E-state index is 4.73. The fraction of sp³-hybridized carbons (Fsp3) is 0.692. The molecule has 18 heavy (non-hydrogen) atoms. The van der Waals surface area contributed by atoms with Crippen LogP contribution in [-0.2, 0) is 6.54 Å². The van der Waals surface area contributed by atoms with Crippen LogP contribution in [0, 0.1) is 12.3 Å². The van der Waals surface area contributed by atoms with Crippen molar-refractivity contribution in [1.82, 2.24) is 10.3 Å². The highest BCUT2D eigenvalue weighted by molar-refractivity contribution is 8.13. The van der Waals surface area contributed by atoms with E-state index in [4.69, 9.17) is 4.99 Å². The van der Waals surface area contributed by atoms with E-state index in [9.17, 15) is 0 Å². The molecule has 2 heterocycles. The Balaban J connectivity index is 1.54. The Bertz CT molecular complexity index is 447. The Morgan fingerprint density at radius 1 is 1.39 bits per heavy atom. The number of aliphatic imine (C=N–C) groups is 1. The minimum absolute atomic E-state index is 0.535. The molecule has 2 aliphatic rings. The zero-order chi connectivity index (χ0) is 12.4. The lowest BCUT2D eigenvalue weighted by Crippen LogP contribution is -2.33. The van der Waals surface area contributed by atoms with E-state index in [-0.39, 0.29) is 0 Å². The molecule has 0 bridgehead atoms. The van der Waals surface area contributed by atoms with Crippen LogP contribution in [0.15, 0.2) is 10.4 Å². The first-order valence-corrected chi connectivity index (χ1v) is 8.44. The van der Waals surface area contributed by atoms with E-state index in [0.29, 0.717) is 5.41 Å². The van der Waals surface area contributed by atoms with Gasteiger partial charge in [-0.3, -0.25) is 4.99 Å². The number of amidine groups is 1. The van der Waals surface area contributed by atoms with Crippen LogP contribution in [-0.4, -0.2) is 22.4 Å². The summed E-state index contributed by atoms with van der Waals surface area (Å²) in [5.74, 6) is 1.25. The molecule has 0 amide bonds. The fourth-order valence-corrected chi connectivity index (χ4v) is 4.59. The Morgan fingerprint density at radius 2 is 2.22 bits per heavy atom. The molecule has 1 aliphatic heterocycles. The van der Waals surface area contributed by atoms with Crippen LogP contribution in [0.25, 0.3) is 0 Å². The normalized spacial score (nSPS) is 22.2. The SMILES string of the molecule is Cc1csc(CNC2=NCC3(CCCC3)CS2)n1. The highest BCUT2D eigenvalue weighted by atomic mass is 32.2. The van der Waals surface area contributed by atoms with Gasteiger partial charge < -0.3 is 5.32 Å². The lowest BCUT2D eigenvalue weighted by atomic mass is 9.89. The molecule has 98 valence electrons. The molecule has 1 aliphatic carbocycles. The minimum atomic E-state index is 0.535. The Kier molecular flexibility index (Phi) is 3.61. The molecular weight excluding hydrogens is 262 g/mol. The second-order valence-electron chi connectivity index (χ2n) is 5.35. The van der Waals surface area contributed by atoms with Crippen molar-refractivity contribution in [1.29, 1.82) is 0 Å². The predicted molar refractivity (Wildman–Crippen MR) is 79.4 cm³/mol. The van der Waals surface area contributed by atoms with Crippen LogP contribution in [0.3, 0.4) is 0 Å². The van der Waals surface area contributed by atoms with E-state index in [1.165, 1.54) is 31.4 Å². The number of hydrogen-bond acceptors (Lipinski definition) is 5. The Hall–Kier alpha value is -0.550. The molecule has 3 rings (SSSR count). The third-order valence-electron chi connectivity index (χ3n) is 3.79. The van der Waals surface area contributed by atoms with E-state index >= 15 is 0 Å². The second-order valence-corrected chi connectivity index (χ2v) is 7.26. The number of hydrogen-bond donors (Lipinski definition) is 1. The van der Waals surface area contributed by atoms with Gasteiger partial charge in [-0.05, 0) is 25.2 Å². The summed E-state index contributed by atoms with van der Waals surface area (Å²) < 4.78 is 0. The van der Waals surface area contributed by atoms with Gasteiger partial charge in [0.05, 0.1) is 6.54 Å². The van der Waals surface area contributed by atoms with Gasteiger partial charge in [-0.15, -0.1) is 11.3 Å². The molecular formula is C13H19N3S2. The quantitative estimate of drug-likeness (QED) is 0.904. The number of nitrogens with zero attached hydrogens (tertiary/aromatic N) is 2. The van der Waals surface area contributed by atoms with Crippen molar-refractivity contribution in [3.8, 4) is 0 Å². The molecule has 1 saturated carbocycles. The third-order valence-corrected chi connectivity index (χ3v) is 6.07. The summed E-state index contributed by atoms with van der Waals surface area (Å²) in [5, 5.41) is 7.78. The maximum Gasteiger partial charge on any atom is 0.156 e. The standard InChI is InChI=1S/C13H19N3S2/c1-10-7-17-11(16-10)6-14-12-15-8-13(9-18-12)4-2-3-5-13/h7H,2-6,8-9H2,1H3,(H,14,15). The van der Waals surface area contributed by atoms with Gasteiger partial charge in [0.1, 0.15) is 5.01 Å². The van der Waals surface area contributed by atoms with Gasteiger partial charge in [-0.1, -0.05) is 24.6 Å². The van der Waals surface area contributed by atoms with Crippen LogP contribution in [0.5, 0.6) is 0 Å². The first-order chi connectivity index (χ1) is 8.76. The first kappa shape index (κ1) is 12.5. The molecule has 5 heteroatoms. The predicted octanol–water partition coefficient (Wildman–Crippen LogP) is 3.20. The van der Waals surface area contributed by atoms with Gasteiger partial charge in [-0.25, -0.2) is 4.98 Å². The van der Waals surface area contributed by atoms with Crippen LogP contribution in [0.1, 0.15) is 36.4 Å². The van der Waals surface area contributed by atoms with Crippen molar-refractivity contribution < 1.29 is 0 Å². The maximum atomic E-state index is 4.73. The van der Waals surface area contributed by atoms with Crippen LogP contribution >= 0.6 is 23.1 Å². The average molecular weight is 281 g/mol.